The van der Waals surface area contributed by atoms with Crippen molar-refractivity contribution in [2.24, 2.45) is 5.92 Å². The average molecular weight is 557 g/mol. The summed E-state index contributed by atoms with van der Waals surface area (Å²) in [6.45, 7) is 16.3. The second kappa shape index (κ2) is 13.5. The van der Waals surface area contributed by atoms with Crippen LogP contribution >= 0.6 is 0 Å². The van der Waals surface area contributed by atoms with E-state index in [0.29, 0.717) is 12.0 Å². The van der Waals surface area contributed by atoms with E-state index in [0.717, 1.165) is 0 Å². The summed E-state index contributed by atoms with van der Waals surface area (Å²) in [4.78, 5) is 2.34. The van der Waals surface area contributed by atoms with Gasteiger partial charge in [0, 0.05) is 6.04 Å². The molecule has 0 saturated heterocycles. The Labute approximate surface area is 231 Å². The molecule has 1 atom stereocenters. The maximum atomic E-state index is 3.52. The number of hydrogen-bond donors (Lipinski definition) is 0. The van der Waals surface area contributed by atoms with Gasteiger partial charge < -0.3 is 19.8 Å². The summed E-state index contributed by atoms with van der Waals surface area (Å²) in [5.41, 5.74) is 10.8. The summed E-state index contributed by atoms with van der Waals surface area (Å²) in [7, 11) is 2.16. The van der Waals surface area contributed by atoms with Crippen LogP contribution in [-0.2, 0) is 23.3 Å². The summed E-state index contributed by atoms with van der Waals surface area (Å²) >= 11 is 1.36. The molecule has 1 unspecified atom stereocenters. The molecule has 1 nitrogen and oxygen atoms in total. The fraction of sp³-hybridized carbons (Fsp3) is 0.281. The van der Waals surface area contributed by atoms with Crippen molar-refractivity contribution in [2.75, 3.05) is 7.05 Å². The van der Waals surface area contributed by atoms with E-state index in [1.54, 1.807) is 0 Å². The van der Waals surface area contributed by atoms with Crippen LogP contribution in [0, 0.1) is 40.7 Å². The molecule has 0 amide bonds. The molecule has 0 bridgehead atoms. The Morgan fingerprint density at radius 2 is 1.63 bits per heavy atom. The molecule has 0 spiro atoms. The van der Waals surface area contributed by atoms with Crippen LogP contribution in [0.15, 0.2) is 83.1 Å². The van der Waals surface area contributed by atoms with Crippen LogP contribution in [0.2, 0.25) is 0 Å². The summed E-state index contributed by atoms with van der Waals surface area (Å²) < 4.78 is 0. The van der Waals surface area contributed by atoms with Gasteiger partial charge in [-0.05, 0) is 25.5 Å². The molecule has 3 aromatic rings. The van der Waals surface area contributed by atoms with E-state index < -0.39 is 0 Å². The standard InChI is InChI=1S/C17H15.C13H18N.2CH3.Si.Zr/c1-12-10-16-13(2)8-9-15(17(16)11-12)14-6-4-3-5-7-14;1-8(2)11-6-12-9(3)10(4)14(5)13(12)7-11;;;;/h3-11H,1-2H3;7-8,10H,1-5H3;2*1H3;;/q4*-1;;. The van der Waals surface area contributed by atoms with Gasteiger partial charge in [-0.2, -0.15) is 6.07 Å². The van der Waals surface area contributed by atoms with Crippen molar-refractivity contribution in [2.45, 2.75) is 47.6 Å². The van der Waals surface area contributed by atoms with Gasteiger partial charge in [0.1, 0.15) is 0 Å². The topological polar surface area (TPSA) is 3.24 Å². The molecule has 0 saturated carbocycles. The number of hydrogen-bond acceptors (Lipinski definition) is 1. The molecule has 1 heterocycles. The summed E-state index contributed by atoms with van der Waals surface area (Å²) in [5, 5.41) is 2.75. The number of nitrogens with zero attached hydrogens (tertiary/aromatic N) is 1. The fourth-order valence-electron chi connectivity index (χ4n) is 4.52. The molecule has 3 aromatic carbocycles. The first-order chi connectivity index (χ1) is 15.8. The Hall–Kier alpha value is -1.83. The van der Waals surface area contributed by atoms with Crippen molar-refractivity contribution in [1.82, 2.24) is 4.90 Å². The molecule has 5 rings (SSSR count). The van der Waals surface area contributed by atoms with Crippen molar-refractivity contribution >= 4 is 17.7 Å². The van der Waals surface area contributed by atoms with Crippen LogP contribution < -0.4 is 0 Å². The third-order valence-electron chi connectivity index (χ3n) is 6.76. The van der Waals surface area contributed by atoms with E-state index in [4.69, 9.17) is 0 Å². The van der Waals surface area contributed by atoms with Crippen LogP contribution in [0.4, 0.5) is 0 Å². The molecule has 184 valence electrons. The van der Waals surface area contributed by atoms with Crippen molar-refractivity contribution < 1.29 is 23.3 Å². The van der Waals surface area contributed by atoms with Crippen LogP contribution in [0.1, 0.15) is 38.8 Å². The van der Waals surface area contributed by atoms with Gasteiger partial charge in [-0.1, -0.05) is 82.3 Å². The average Bonchev–Trinajstić information content (AvgIpc) is 3.49. The number of fused-ring (bicyclic) bond motifs is 2. The number of rotatable bonds is 2. The first kappa shape index (κ1) is 31.2. The monoisotopic (exact) mass is 555 g/mol. The Morgan fingerprint density at radius 1 is 1.00 bits per heavy atom. The van der Waals surface area contributed by atoms with Gasteiger partial charge in [0.15, 0.2) is 0 Å². The molecule has 2 aliphatic rings. The number of benzene rings is 2. The first-order valence-electron chi connectivity index (χ1n) is 11.5. The predicted octanol–water partition coefficient (Wildman–Crippen LogP) is 8.28. The molecule has 35 heavy (non-hydrogen) atoms. The predicted molar refractivity (Wildman–Crippen MR) is 153 cm³/mol. The number of allylic oxidation sites excluding steroid dienone is 3. The summed E-state index contributed by atoms with van der Waals surface area (Å²) in [5.74, 6) is 0.581. The molecule has 2 radical (unpaired) electrons. The maximum absolute atomic E-state index is 3.52. The van der Waals surface area contributed by atoms with E-state index in [1.165, 1.54) is 78.8 Å². The van der Waals surface area contributed by atoms with Gasteiger partial charge in [0.05, 0.1) is 0 Å². The molecule has 0 aromatic heterocycles. The fourth-order valence-corrected chi connectivity index (χ4v) is 4.52. The molecule has 0 N–H and O–H groups in total. The van der Waals surface area contributed by atoms with Gasteiger partial charge in [0.25, 0.3) is 0 Å². The molecular weight excluding hydrogens is 518 g/mol. The second-order valence-electron chi connectivity index (χ2n) is 9.27. The normalized spacial score (nSPS) is 15.7. The Kier molecular flexibility index (Phi) is 12.0. The molecule has 1 aliphatic carbocycles. The van der Waals surface area contributed by atoms with E-state index in [2.05, 4.69) is 127 Å². The van der Waals surface area contributed by atoms with Crippen molar-refractivity contribution in [3.8, 4) is 11.1 Å². The minimum absolute atomic E-state index is 0. The molecule has 1 aliphatic heterocycles. The first-order valence-corrected chi connectivity index (χ1v) is 15.7. The molecule has 3 heteroatoms. The van der Waals surface area contributed by atoms with Crippen molar-refractivity contribution in [1.29, 1.82) is 0 Å². The third-order valence-corrected chi connectivity index (χ3v) is 6.76. The van der Waals surface area contributed by atoms with E-state index >= 15 is 0 Å². The zero-order valence-corrected chi connectivity index (χ0v) is 26.3. The molecule has 0 fully saturated rings. The van der Waals surface area contributed by atoms with Crippen LogP contribution in [0.3, 0.4) is 0 Å². The van der Waals surface area contributed by atoms with E-state index in [-0.39, 0.29) is 14.9 Å². The van der Waals surface area contributed by atoms with E-state index in [9.17, 15) is 0 Å². The second-order valence-corrected chi connectivity index (χ2v) is 9.27. The van der Waals surface area contributed by atoms with Crippen LogP contribution in [0.5, 0.6) is 0 Å². The van der Waals surface area contributed by atoms with Crippen molar-refractivity contribution in [3.63, 3.8) is 0 Å². The Morgan fingerprint density at radius 3 is 2.20 bits per heavy atom. The van der Waals surface area contributed by atoms with Gasteiger partial charge in [-0.3, -0.25) is 0 Å². The van der Waals surface area contributed by atoms with Gasteiger partial charge in [0.2, 0.25) is 0 Å². The van der Waals surface area contributed by atoms with Crippen LogP contribution in [-0.4, -0.2) is 24.9 Å². The van der Waals surface area contributed by atoms with Gasteiger partial charge in [-0.25, -0.2) is 0 Å². The van der Waals surface area contributed by atoms with Gasteiger partial charge >= 0.3 is 30.2 Å². The summed E-state index contributed by atoms with van der Waals surface area (Å²) in [6.07, 6.45) is 5.81. The van der Waals surface area contributed by atoms with Crippen LogP contribution in [0.25, 0.3) is 21.9 Å². The zero-order chi connectivity index (χ0) is 24.3. The Bertz CT molecular complexity index is 1230. The van der Waals surface area contributed by atoms with E-state index in [1.807, 2.05) is 0 Å². The third kappa shape index (κ3) is 6.49. The number of likely N-dealkylation sites (N-methyl/N-ethyl adjacent to an activating group) is 1. The Balaban J connectivity index is 0.000000315. The zero-order valence-electron chi connectivity index (χ0n) is 22.9. The van der Waals surface area contributed by atoms with Gasteiger partial charge in [-0.15, -0.1) is 62.9 Å². The number of aryl methyl sites for hydroxylation is 2. The SMILES string of the molecule is CC1=C2[C-]=C(C(C)C)C=C2N(C)C1C.Cc1cc2c(-c3ccccc3)ccc(C)c2[cH-]1.[CH3-].[CH3-].[Si]=[Zr]. The quantitative estimate of drug-likeness (QED) is 0.227. The summed E-state index contributed by atoms with van der Waals surface area (Å²) in [6, 6.07) is 20.1. The molecular formula is C32H39NSiZr-4. The minimum atomic E-state index is 0. The van der Waals surface area contributed by atoms with Crippen molar-refractivity contribution in [3.05, 3.63) is 115 Å².